The van der Waals surface area contributed by atoms with Gasteiger partial charge in [0.1, 0.15) is 36.5 Å². The Morgan fingerprint density at radius 1 is 0.944 bits per heavy atom. The summed E-state index contributed by atoms with van der Waals surface area (Å²) in [6.45, 7) is 10.1. The van der Waals surface area contributed by atoms with Crippen molar-refractivity contribution in [1.29, 1.82) is 0 Å². The first-order chi connectivity index (χ1) is 16.7. The van der Waals surface area contributed by atoms with Crippen LogP contribution in [0.5, 0.6) is 0 Å². The summed E-state index contributed by atoms with van der Waals surface area (Å²) < 4.78 is 21.2. The average molecular weight is 503 g/mol. The fourth-order valence-electron chi connectivity index (χ4n) is 2.95. The van der Waals surface area contributed by atoms with Crippen LogP contribution in [0.3, 0.4) is 0 Å². The van der Waals surface area contributed by atoms with E-state index < -0.39 is 47.4 Å². The van der Waals surface area contributed by atoms with Crippen LogP contribution in [0.1, 0.15) is 65.5 Å². The summed E-state index contributed by atoms with van der Waals surface area (Å²) in [7, 11) is 0. The van der Waals surface area contributed by atoms with Crippen molar-refractivity contribution < 1.29 is 38.1 Å². The van der Waals surface area contributed by atoms with Gasteiger partial charge in [0.25, 0.3) is 0 Å². The Labute approximate surface area is 211 Å². The van der Waals surface area contributed by atoms with Gasteiger partial charge in [-0.2, -0.15) is 0 Å². The number of cyclic esters (lactones) is 2. The van der Waals surface area contributed by atoms with E-state index in [0.29, 0.717) is 11.1 Å². The molecule has 1 aliphatic rings. The number of carbonyl (C=O) groups is 4. The predicted molar refractivity (Wildman–Crippen MR) is 129 cm³/mol. The molecular weight excluding hydrogens is 468 g/mol. The molecule has 2 atom stereocenters. The van der Waals surface area contributed by atoms with E-state index in [9.17, 15) is 19.2 Å². The number of ether oxygens (including phenoxy) is 4. The lowest BCUT2D eigenvalue weighted by molar-refractivity contribution is -0.157. The summed E-state index contributed by atoms with van der Waals surface area (Å²) in [5.41, 5.74) is -0.231. The van der Waals surface area contributed by atoms with E-state index in [1.165, 1.54) is 0 Å². The fraction of sp³-hybridized carbons (Fsp3) is 0.538. The van der Waals surface area contributed by atoms with Gasteiger partial charge in [-0.05, 0) is 58.7 Å². The normalized spacial score (nSPS) is 19.4. The number of fused-ring (bicyclic) bond motifs is 2. The predicted octanol–water partition coefficient (Wildman–Crippen LogP) is 3.36. The van der Waals surface area contributed by atoms with Gasteiger partial charge in [0.05, 0.1) is 0 Å². The fourth-order valence-corrected chi connectivity index (χ4v) is 2.95. The van der Waals surface area contributed by atoms with Crippen molar-refractivity contribution in [3.8, 4) is 11.8 Å². The molecule has 0 aliphatic carbocycles. The van der Waals surface area contributed by atoms with Crippen LogP contribution in [0.15, 0.2) is 24.3 Å². The molecule has 0 saturated heterocycles. The van der Waals surface area contributed by atoms with Crippen LogP contribution in [0.25, 0.3) is 0 Å². The maximum absolute atomic E-state index is 12.8. The monoisotopic (exact) mass is 502 g/mol. The SMILES string of the molecule is CC(C)(C)OC(=O)N[C@@H]1CC#CCC(C(=O)OC(C)(C)C)NC(=O)OCc2cccc(c2)COC1=O. The van der Waals surface area contributed by atoms with Crippen LogP contribution >= 0.6 is 0 Å². The second kappa shape index (κ2) is 12.3. The van der Waals surface area contributed by atoms with Crippen molar-refractivity contribution in [3.63, 3.8) is 0 Å². The van der Waals surface area contributed by atoms with Crippen molar-refractivity contribution in [3.05, 3.63) is 35.4 Å². The van der Waals surface area contributed by atoms with E-state index in [1.54, 1.807) is 65.8 Å². The molecule has 0 radical (unpaired) electrons. The number of esters is 2. The molecule has 2 N–H and O–H groups in total. The number of hydrogen-bond donors (Lipinski definition) is 2. The van der Waals surface area contributed by atoms with Crippen LogP contribution in [-0.2, 0) is 41.8 Å². The summed E-state index contributed by atoms with van der Waals surface area (Å²) >= 11 is 0. The molecule has 10 heteroatoms. The number of hydrogen-bond acceptors (Lipinski definition) is 8. The molecule has 10 nitrogen and oxygen atoms in total. The largest absolute Gasteiger partial charge is 0.459 e. The van der Waals surface area contributed by atoms with E-state index in [2.05, 4.69) is 22.5 Å². The molecule has 36 heavy (non-hydrogen) atoms. The van der Waals surface area contributed by atoms with Crippen LogP contribution in [0.4, 0.5) is 9.59 Å². The summed E-state index contributed by atoms with van der Waals surface area (Å²) in [6.07, 6.45) is -1.81. The first kappa shape index (κ1) is 28.5. The van der Waals surface area contributed by atoms with Crippen LogP contribution < -0.4 is 10.6 Å². The number of alkyl carbamates (subject to hydrolysis) is 2. The maximum atomic E-state index is 12.8. The number of amides is 2. The smallest absolute Gasteiger partial charge is 0.408 e. The Balaban J connectivity index is 2.28. The zero-order valence-corrected chi connectivity index (χ0v) is 21.6. The zero-order chi connectivity index (χ0) is 26.9. The number of rotatable bonds is 2. The van der Waals surface area contributed by atoms with Gasteiger partial charge < -0.3 is 29.6 Å². The molecule has 0 fully saturated rings. The summed E-state index contributed by atoms with van der Waals surface area (Å²) in [6, 6.07) is 4.72. The first-order valence-corrected chi connectivity index (χ1v) is 11.6. The Kier molecular flexibility index (Phi) is 9.73. The summed E-state index contributed by atoms with van der Waals surface area (Å²) in [4.78, 5) is 50.0. The highest BCUT2D eigenvalue weighted by molar-refractivity contribution is 5.82. The van der Waals surface area contributed by atoms with Crippen LogP contribution in [0, 0.1) is 11.8 Å². The van der Waals surface area contributed by atoms with Gasteiger partial charge >= 0.3 is 24.1 Å². The van der Waals surface area contributed by atoms with E-state index in [-0.39, 0.29) is 26.1 Å². The molecule has 1 aromatic rings. The third kappa shape index (κ3) is 10.7. The molecule has 0 spiro atoms. The lowest BCUT2D eigenvalue weighted by Gasteiger charge is -2.23. The van der Waals surface area contributed by atoms with Gasteiger partial charge in [-0.25, -0.2) is 19.2 Å². The Hall–Kier alpha value is -3.74. The zero-order valence-electron chi connectivity index (χ0n) is 21.6. The standard InChI is InChI=1S/C26H34N2O8/c1-25(2,3)35-22(30)20-13-8-7-12-19(28-24(32)36-26(4,5)6)21(29)33-15-17-10-9-11-18(14-17)16-34-23(31)27-20/h9-11,14,19-20H,12-13,15-16H2,1-6H3,(H,27,31)(H,28,32)/t19-,20?/m1/s1. The second-order valence-electron chi connectivity index (χ2n) is 10.2. The molecule has 196 valence electrons. The van der Waals surface area contributed by atoms with Crippen molar-refractivity contribution in [2.45, 2.75) is 90.9 Å². The minimum Gasteiger partial charge on any atom is -0.459 e. The van der Waals surface area contributed by atoms with E-state index in [4.69, 9.17) is 18.9 Å². The molecular formula is C26H34N2O8. The topological polar surface area (TPSA) is 129 Å². The summed E-state index contributed by atoms with van der Waals surface area (Å²) in [5.74, 6) is 4.15. The van der Waals surface area contributed by atoms with Gasteiger partial charge in [0.15, 0.2) is 0 Å². The Bertz CT molecular complexity index is 1030. The maximum Gasteiger partial charge on any atom is 0.408 e. The first-order valence-electron chi connectivity index (χ1n) is 11.6. The van der Waals surface area contributed by atoms with Gasteiger partial charge in [-0.15, -0.1) is 11.8 Å². The van der Waals surface area contributed by atoms with E-state index in [0.717, 1.165) is 0 Å². The molecule has 2 amide bonds. The van der Waals surface area contributed by atoms with Gasteiger partial charge in [0.2, 0.25) is 0 Å². The van der Waals surface area contributed by atoms with E-state index in [1.807, 2.05) is 0 Å². The third-order valence-electron chi connectivity index (χ3n) is 4.44. The van der Waals surface area contributed by atoms with E-state index >= 15 is 0 Å². The molecule has 1 heterocycles. The number of benzene rings is 1. The lowest BCUT2D eigenvalue weighted by Crippen LogP contribution is -2.44. The quantitative estimate of drug-likeness (QED) is 0.358. The molecule has 2 rings (SSSR count). The number of nitrogens with one attached hydrogen (secondary N) is 2. The summed E-state index contributed by atoms with van der Waals surface area (Å²) in [5, 5.41) is 4.97. The minimum atomic E-state index is -1.11. The molecule has 2 bridgehead atoms. The molecule has 0 aromatic heterocycles. The molecule has 1 aliphatic heterocycles. The van der Waals surface area contributed by atoms with Gasteiger partial charge in [-0.3, -0.25) is 0 Å². The highest BCUT2D eigenvalue weighted by Gasteiger charge is 2.28. The minimum absolute atomic E-state index is 0.0560. The second-order valence-corrected chi connectivity index (χ2v) is 10.2. The molecule has 1 unspecified atom stereocenters. The Morgan fingerprint density at radius 3 is 2.14 bits per heavy atom. The Morgan fingerprint density at radius 2 is 1.53 bits per heavy atom. The highest BCUT2D eigenvalue weighted by Crippen LogP contribution is 2.13. The molecule has 0 saturated carbocycles. The number of carbonyl (C=O) groups excluding carboxylic acids is 4. The van der Waals surface area contributed by atoms with Crippen molar-refractivity contribution in [1.82, 2.24) is 10.6 Å². The van der Waals surface area contributed by atoms with Crippen molar-refractivity contribution in [2.24, 2.45) is 0 Å². The van der Waals surface area contributed by atoms with Crippen molar-refractivity contribution in [2.75, 3.05) is 0 Å². The van der Waals surface area contributed by atoms with Crippen LogP contribution in [0.2, 0.25) is 0 Å². The van der Waals surface area contributed by atoms with Crippen LogP contribution in [-0.4, -0.2) is 47.4 Å². The average Bonchev–Trinajstić information content (AvgIpc) is 2.74. The van der Waals surface area contributed by atoms with Gasteiger partial charge in [-0.1, -0.05) is 18.2 Å². The van der Waals surface area contributed by atoms with Gasteiger partial charge in [0, 0.05) is 12.8 Å². The third-order valence-corrected chi connectivity index (χ3v) is 4.44. The highest BCUT2D eigenvalue weighted by atomic mass is 16.6. The van der Waals surface area contributed by atoms with Crippen molar-refractivity contribution >= 4 is 24.1 Å². The lowest BCUT2D eigenvalue weighted by atomic mass is 10.1. The molecule has 1 aromatic carbocycles.